The van der Waals surface area contributed by atoms with Crippen molar-refractivity contribution in [1.29, 1.82) is 0 Å². The predicted molar refractivity (Wildman–Crippen MR) is 131 cm³/mol. The normalized spacial score (nSPS) is 16.2. The van der Waals surface area contributed by atoms with Gasteiger partial charge in [0.25, 0.3) is 0 Å². The number of hydrogen-bond donors (Lipinski definition) is 1. The molecule has 5 rings (SSSR count). The summed E-state index contributed by atoms with van der Waals surface area (Å²) in [6.07, 6.45) is 3.42. The monoisotopic (exact) mass is 480 g/mol. The number of nitrogens with zero attached hydrogens (tertiary/aromatic N) is 5. The number of hydrogen-bond acceptors (Lipinski definition) is 5. The summed E-state index contributed by atoms with van der Waals surface area (Å²) in [6.45, 7) is 3.03. The molecule has 0 saturated carbocycles. The van der Waals surface area contributed by atoms with Crippen LogP contribution >= 0.6 is 23.2 Å². The molecule has 0 bridgehead atoms. The van der Waals surface area contributed by atoms with Gasteiger partial charge >= 0.3 is 0 Å². The maximum Gasteiger partial charge on any atom is 0.219 e. The number of likely N-dealkylation sites (tertiary alicyclic amines) is 1. The molecule has 1 aliphatic heterocycles. The summed E-state index contributed by atoms with van der Waals surface area (Å²) in [7, 11) is 0. The van der Waals surface area contributed by atoms with E-state index in [9.17, 15) is 4.79 Å². The number of piperidine rings is 1. The number of amides is 1. The number of nitrogens with one attached hydrogen (secondary N) is 1. The minimum absolute atomic E-state index is 0.0855. The molecule has 0 unspecified atom stereocenters. The average Bonchev–Trinajstić information content (AvgIpc) is 3.20. The summed E-state index contributed by atoms with van der Waals surface area (Å²) in [6, 6.07) is 15.2. The molecular formula is C24H22Cl2N6O. The van der Waals surface area contributed by atoms with Crippen LogP contribution in [0.15, 0.2) is 54.9 Å². The van der Waals surface area contributed by atoms with Crippen molar-refractivity contribution < 1.29 is 4.79 Å². The van der Waals surface area contributed by atoms with Gasteiger partial charge < -0.3 is 10.2 Å². The zero-order valence-electron chi connectivity index (χ0n) is 18.0. The Bertz CT molecular complexity index is 1320. The number of halogens is 2. The van der Waals surface area contributed by atoms with E-state index in [1.807, 2.05) is 58.0 Å². The van der Waals surface area contributed by atoms with Crippen molar-refractivity contribution in [1.82, 2.24) is 24.4 Å². The van der Waals surface area contributed by atoms with E-state index in [1.165, 1.54) is 6.33 Å². The van der Waals surface area contributed by atoms with Gasteiger partial charge in [-0.15, -0.1) is 0 Å². The van der Waals surface area contributed by atoms with Crippen LogP contribution in [0, 0.1) is 0 Å². The molecule has 168 valence electrons. The minimum Gasteiger partial charge on any atom is -0.364 e. The second-order valence-electron chi connectivity index (χ2n) is 8.07. The Morgan fingerprint density at radius 2 is 1.88 bits per heavy atom. The molecule has 1 fully saturated rings. The van der Waals surface area contributed by atoms with Crippen LogP contribution in [0.4, 0.5) is 5.82 Å². The molecule has 2 aromatic carbocycles. The Balaban J connectivity index is 1.64. The number of fused-ring (bicyclic) bond motifs is 1. The first-order chi connectivity index (χ1) is 16.0. The number of aromatic nitrogens is 4. The number of benzene rings is 2. The summed E-state index contributed by atoms with van der Waals surface area (Å²) >= 11 is 12.7. The summed E-state index contributed by atoms with van der Waals surface area (Å²) < 4.78 is 1.96. The van der Waals surface area contributed by atoms with E-state index in [1.54, 1.807) is 6.92 Å². The Labute approximate surface area is 201 Å². The third-order valence-corrected chi connectivity index (χ3v) is 6.43. The van der Waals surface area contributed by atoms with Crippen LogP contribution in [-0.2, 0) is 4.79 Å². The Hall–Kier alpha value is -3.16. The third-order valence-electron chi connectivity index (χ3n) is 5.85. The highest BCUT2D eigenvalue weighted by molar-refractivity contribution is 6.33. The zero-order chi connectivity index (χ0) is 22.9. The minimum atomic E-state index is 0.0855. The van der Waals surface area contributed by atoms with Gasteiger partial charge in [-0.05, 0) is 49.2 Å². The van der Waals surface area contributed by atoms with Gasteiger partial charge in [-0.1, -0.05) is 35.3 Å². The molecular weight excluding hydrogens is 459 g/mol. The molecule has 1 atom stereocenters. The van der Waals surface area contributed by atoms with Crippen molar-refractivity contribution in [2.45, 2.75) is 25.8 Å². The standard InChI is InChI=1S/C24H22Cl2N6O/c1-15(33)31-12-4-5-17(13-31)29-22-21-24(28-14-27-22)32(18-10-8-16(25)9-11-18)23(30-21)19-6-2-3-7-20(19)26/h2-3,6-11,14,17H,4-5,12-13H2,1H3,(H,27,28,29)/t17-/m0/s1. The molecule has 0 aliphatic carbocycles. The SMILES string of the molecule is CC(=O)N1CCC[C@H](Nc2ncnc3c2nc(-c2ccccc2Cl)n3-c2ccc(Cl)cc2)C1. The van der Waals surface area contributed by atoms with Crippen LogP contribution in [0.5, 0.6) is 0 Å². The molecule has 2 aromatic heterocycles. The van der Waals surface area contributed by atoms with Gasteiger partial charge in [0.1, 0.15) is 12.2 Å². The van der Waals surface area contributed by atoms with E-state index in [0.29, 0.717) is 39.4 Å². The highest BCUT2D eigenvalue weighted by Crippen LogP contribution is 2.34. The van der Waals surface area contributed by atoms with E-state index in [-0.39, 0.29) is 11.9 Å². The van der Waals surface area contributed by atoms with Gasteiger partial charge in [0, 0.05) is 42.3 Å². The van der Waals surface area contributed by atoms with E-state index in [0.717, 1.165) is 30.6 Å². The molecule has 1 N–H and O–H groups in total. The summed E-state index contributed by atoms with van der Waals surface area (Å²) in [5.41, 5.74) is 2.95. The molecule has 33 heavy (non-hydrogen) atoms. The molecule has 7 nitrogen and oxygen atoms in total. The van der Waals surface area contributed by atoms with E-state index in [4.69, 9.17) is 28.2 Å². The van der Waals surface area contributed by atoms with Crippen molar-refractivity contribution in [3.8, 4) is 17.1 Å². The number of anilines is 1. The van der Waals surface area contributed by atoms with Gasteiger partial charge in [0.2, 0.25) is 5.91 Å². The molecule has 4 aromatic rings. The maximum atomic E-state index is 11.9. The predicted octanol–water partition coefficient (Wildman–Crippen LogP) is 5.21. The number of carbonyl (C=O) groups is 1. The van der Waals surface area contributed by atoms with Gasteiger partial charge in [-0.3, -0.25) is 9.36 Å². The summed E-state index contributed by atoms with van der Waals surface area (Å²) in [4.78, 5) is 27.7. The topological polar surface area (TPSA) is 75.9 Å². The Kier molecular flexibility index (Phi) is 5.91. The Morgan fingerprint density at radius 1 is 1.09 bits per heavy atom. The molecule has 1 aliphatic rings. The largest absolute Gasteiger partial charge is 0.364 e. The highest BCUT2D eigenvalue weighted by atomic mass is 35.5. The van der Waals surface area contributed by atoms with Gasteiger partial charge in [-0.2, -0.15) is 0 Å². The first-order valence-electron chi connectivity index (χ1n) is 10.8. The highest BCUT2D eigenvalue weighted by Gasteiger charge is 2.25. The molecule has 9 heteroatoms. The van der Waals surface area contributed by atoms with Gasteiger partial charge in [-0.25, -0.2) is 15.0 Å². The van der Waals surface area contributed by atoms with Crippen LogP contribution in [0.25, 0.3) is 28.2 Å². The number of carbonyl (C=O) groups excluding carboxylic acids is 1. The molecule has 3 heterocycles. The lowest BCUT2D eigenvalue weighted by molar-refractivity contribution is -0.129. The van der Waals surface area contributed by atoms with Crippen molar-refractivity contribution in [3.63, 3.8) is 0 Å². The summed E-state index contributed by atoms with van der Waals surface area (Å²) in [5.74, 6) is 1.38. The van der Waals surface area contributed by atoms with Crippen LogP contribution in [0.2, 0.25) is 10.0 Å². The van der Waals surface area contributed by atoms with Crippen molar-refractivity contribution in [2.75, 3.05) is 18.4 Å². The maximum absolute atomic E-state index is 11.9. The molecule has 0 spiro atoms. The molecule has 1 saturated heterocycles. The Morgan fingerprint density at radius 3 is 2.64 bits per heavy atom. The lowest BCUT2D eigenvalue weighted by Crippen LogP contribution is -2.44. The average molecular weight is 481 g/mol. The lowest BCUT2D eigenvalue weighted by atomic mass is 10.1. The van der Waals surface area contributed by atoms with Crippen LogP contribution in [0.3, 0.4) is 0 Å². The fraction of sp³-hybridized carbons (Fsp3) is 0.250. The second kappa shape index (κ2) is 9.00. The second-order valence-corrected chi connectivity index (χ2v) is 8.91. The van der Waals surface area contributed by atoms with Crippen LogP contribution in [0.1, 0.15) is 19.8 Å². The smallest absolute Gasteiger partial charge is 0.219 e. The summed E-state index contributed by atoms with van der Waals surface area (Å²) in [5, 5.41) is 4.74. The molecule has 1 amide bonds. The number of rotatable bonds is 4. The fourth-order valence-corrected chi connectivity index (χ4v) is 4.58. The van der Waals surface area contributed by atoms with Crippen molar-refractivity contribution in [2.24, 2.45) is 0 Å². The van der Waals surface area contributed by atoms with Gasteiger partial charge in [0.15, 0.2) is 17.0 Å². The van der Waals surface area contributed by atoms with Crippen molar-refractivity contribution >= 4 is 46.1 Å². The fourth-order valence-electron chi connectivity index (χ4n) is 4.23. The third kappa shape index (κ3) is 4.26. The number of imidazole rings is 1. The quantitative estimate of drug-likeness (QED) is 0.433. The van der Waals surface area contributed by atoms with Gasteiger partial charge in [0.05, 0.1) is 5.02 Å². The molecule has 0 radical (unpaired) electrons. The van der Waals surface area contributed by atoms with Crippen LogP contribution < -0.4 is 5.32 Å². The zero-order valence-corrected chi connectivity index (χ0v) is 19.5. The first kappa shape index (κ1) is 21.7. The van der Waals surface area contributed by atoms with E-state index < -0.39 is 0 Å². The van der Waals surface area contributed by atoms with E-state index >= 15 is 0 Å². The van der Waals surface area contributed by atoms with Crippen LogP contribution in [-0.4, -0.2) is 49.5 Å². The van der Waals surface area contributed by atoms with Crippen molar-refractivity contribution in [3.05, 3.63) is 64.9 Å². The first-order valence-corrected chi connectivity index (χ1v) is 11.5. The van der Waals surface area contributed by atoms with E-state index in [2.05, 4.69) is 15.3 Å². The lowest BCUT2D eigenvalue weighted by Gasteiger charge is -2.32.